The van der Waals surface area contributed by atoms with Crippen LogP contribution in [0.15, 0.2) is 27.9 Å². The first-order valence-electron chi connectivity index (χ1n) is 12.3. The Hall–Kier alpha value is -1.89. The Bertz CT molecular complexity index is 1100. The highest BCUT2D eigenvalue weighted by atomic mass is 35.5. The Labute approximate surface area is 241 Å². The van der Waals surface area contributed by atoms with Gasteiger partial charge in [-0.05, 0) is 24.1 Å². The summed E-state index contributed by atoms with van der Waals surface area (Å²) in [5.74, 6) is -0.770. The second-order valence-corrected chi connectivity index (χ2v) is 11.6. The molecule has 208 valence electrons. The van der Waals surface area contributed by atoms with Gasteiger partial charge in [-0.25, -0.2) is 4.98 Å². The van der Waals surface area contributed by atoms with Crippen molar-refractivity contribution in [2.75, 3.05) is 52.2 Å². The van der Waals surface area contributed by atoms with Crippen LogP contribution in [0.3, 0.4) is 0 Å². The molecule has 1 atom stereocenters. The molecule has 2 aromatic rings. The zero-order valence-electron chi connectivity index (χ0n) is 21.4. The van der Waals surface area contributed by atoms with Gasteiger partial charge in [0.25, 0.3) is 5.91 Å². The zero-order chi connectivity index (χ0) is 27.5. The first-order chi connectivity index (χ1) is 18.3. The molecule has 3 rings (SSSR count). The molecule has 9 nitrogen and oxygen atoms in total. The number of amides is 2. The molecule has 2 amide bonds. The number of thioether (sulfide) groups is 1. The number of nitrogens with zero attached hydrogens (tertiary/aromatic N) is 3. The van der Waals surface area contributed by atoms with Gasteiger partial charge in [0.15, 0.2) is 4.34 Å². The third-order valence-corrected chi connectivity index (χ3v) is 8.55. The number of methoxy groups -OCH3 is 1. The standard InChI is InChI=1S/C25H32Cl2N4O5S2/c1-3-4-7-31(14-23(33)35-2)24(34)21-15-37-25(29-21)38-16-22(32)28-11-18-13-30(8-9-36-18)12-17-5-6-19(26)20(27)10-17/h5-6,10,15,18H,3-4,7-9,11-14,16H2,1-2H3,(H,28,32). The van der Waals surface area contributed by atoms with Crippen LogP contribution < -0.4 is 5.32 Å². The molecule has 1 N–H and O–H groups in total. The van der Waals surface area contributed by atoms with Crippen molar-refractivity contribution in [3.8, 4) is 0 Å². The maximum Gasteiger partial charge on any atom is 0.325 e. The van der Waals surface area contributed by atoms with Crippen LogP contribution in [0.2, 0.25) is 10.0 Å². The highest BCUT2D eigenvalue weighted by molar-refractivity contribution is 8.01. The van der Waals surface area contributed by atoms with Crippen LogP contribution in [-0.4, -0.2) is 90.9 Å². The second-order valence-electron chi connectivity index (χ2n) is 8.72. The summed E-state index contributed by atoms with van der Waals surface area (Å²) in [6.45, 7) is 5.52. The van der Waals surface area contributed by atoms with Crippen LogP contribution in [-0.2, 0) is 25.6 Å². The van der Waals surface area contributed by atoms with E-state index in [0.717, 1.165) is 31.5 Å². The van der Waals surface area contributed by atoms with E-state index in [4.69, 9.17) is 32.7 Å². The number of nitrogens with one attached hydrogen (secondary N) is 1. The molecule has 0 spiro atoms. The summed E-state index contributed by atoms with van der Waals surface area (Å²) in [6.07, 6.45) is 1.54. The summed E-state index contributed by atoms with van der Waals surface area (Å²) in [5.41, 5.74) is 1.33. The molecule has 0 saturated carbocycles. The molecule has 1 saturated heterocycles. The quantitative estimate of drug-likeness (QED) is 0.271. The van der Waals surface area contributed by atoms with Crippen molar-refractivity contribution in [3.63, 3.8) is 0 Å². The van der Waals surface area contributed by atoms with Crippen LogP contribution >= 0.6 is 46.3 Å². The van der Waals surface area contributed by atoms with Gasteiger partial charge in [0, 0.05) is 38.1 Å². The van der Waals surface area contributed by atoms with Gasteiger partial charge in [0.05, 0.1) is 35.6 Å². The van der Waals surface area contributed by atoms with Gasteiger partial charge in [0.1, 0.15) is 12.2 Å². The van der Waals surface area contributed by atoms with Gasteiger partial charge in [-0.2, -0.15) is 0 Å². The number of unbranched alkanes of at least 4 members (excludes halogenated alkanes) is 1. The largest absolute Gasteiger partial charge is 0.468 e. The number of benzene rings is 1. The lowest BCUT2D eigenvalue weighted by Gasteiger charge is -2.33. The normalized spacial score (nSPS) is 15.7. The number of ether oxygens (including phenoxy) is 2. The van der Waals surface area contributed by atoms with E-state index in [0.29, 0.717) is 40.6 Å². The van der Waals surface area contributed by atoms with E-state index < -0.39 is 5.97 Å². The van der Waals surface area contributed by atoms with E-state index in [1.807, 2.05) is 19.1 Å². The summed E-state index contributed by atoms with van der Waals surface area (Å²) in [7, 11) is 1.29. The molecule has 0 radical (unpaired) electrons. The minimum Gasteiger partial charge on any atom is -0.468 e. The number of carbonyl (C=O) groups is 3. The van der Waals surface area contributed by atoms with Gasteiger partial charge >= 0.3 is 5.97 Å². The van der Waals surface area contributed by atoms with Gasteiger partial charge in [0.2, 0.25) is 5.91 Å². The van der Waals surface area contributed by atoms with E-state index in [1.54, 1.807) is 11.4 Å². The monoisotopic (exact) mass is 602 g/mol. The van der Waals surface area contributed by atoms with Crippen LogP contribution in [0.5, 0.6) is 0 Å². The number of hydrogen-bond acceptors (Lipinski definition) is 9. The van der Waals surface area contributed by atoms with Crippen molar-refractivity contribution in [1.82, 2.24) is 20.1 Å². The van der Waals surface area contributed by atoms with Crippen molar-refractivity contribution in [1.29, 1.82) is 0 Å². The number of morpholine rings is 1. The van der Waals surface area contributed by atoms with Crippen LogP contribution in [0.25, 0.3) is 0 Å². The molecule has 1 aliphatic rings. The van der Waals surface area contributed by atoms with Gasteiger partial charge in [-0.1, -0.05) is 54.4 Å². The summed E-state index contributed by atoms with van der Waals surface area (Å²) in [6, 6.07) is 5.62. The highest BCUT2D eigenvalue weighted by Gasteiger charge is 2.23. The lowest BCUT2D eigenvalue weighted by atomic mass is 10.2. The molecule has 38 heavy (non-hydrogen) atoms. The first-order valence-corrected chi connectivity index (χ1v) is 14.9. The number of esters is 1. The minimum absolute atomic E-state index is 0.117. The number of thiazole rings is 1. The maximum atomic E-state index is 12.8. The Morgan fingerprint density at radius 3 is 2.87 bits per heavy atom. The van der Waals surface area contributed by atoms with E-state index in [1.165, 1.54) is 35.1 Å². The molecule has 1 aliphatic heterocycles. The van der Waals surface area contributed by atoms with Crippen molar-refractivity contribution >= 4 is 64.1 Å². The number of rotatable bonds is 13. The van der Waals surface area contributed by atoms with Crippen LogP contribution in [0.1, 0.15) is 35.8 Å². The molecule has 0 aliphatic carbocycles. The Kier molecular flexibility index (Phi) is 12.6. The van der Waals surface area contributed by atoms with E-state index >= 15 is 0 Å². The van der Waals surface area contributed by atoms with Gasteiger partial charge in [-0.3, -0.25) is 19.3 Å². The second kappa shape index (κ2) is 15.6. The van der Waals surface area contributed by atoms with E-state index in [2.05, 4.69) is 15.2 Å². The van der Waals surface area contributed by atoms with E-state index in [9.17, 15) is 14.4 Å². The van der Waals surface area contributed by atoms with Crippen molar-refractivity contribution in [2.45, 2.75) is 36.8 Å². The first kappa shape index (κ1) is 30.6. The molecule has 1 aromatic heterocycles. The average molecular weight is 604 g/mol. The third-order valence-electron chi connectivity index (χ3n) is 5.79. The lowest BCUT2D eigenvalue weighted by molar-refractivity contribution is -0.141. The molecular formula is C25H32Cl2N4O5S2. The Morgan fingerprint density at radius 2 is 2.13 bits per heavy atom. The SMILES string of the molecule is CCCCN(CC(=O)OC)C(=O)c1csc(SCC(=O)NCC2CN(Cc3ccc(Cl)c(Cl)c3)CCO2)n1. The van der Waals surface area contributed by atoms with E-state index in [-0.39, 0.29) is 35.9 Å². The Morgan fingerprint density at radius 1 is 1.32 bits per heavy atom. The molecular weight excluding hydrogens is 571 g/mol. The van der Waals surface area contributed by atoms with Crippen LogP contribution in [0, 0.1) is 0 Å². The number of aromatic nitrogens is 1. The highest BCUT2D eigenvalue weighted by Crippen LogP contribution is 2.24. The molecule has 1 fully saturated rings. The van der Waals surface area contributed by atoms with Crippen molar-refractivity contribution < 1.29 is 23.9 Å². The Balaban J connectivity index is 1.43. The molecule has 1 aromatic carbocycles. The predicted molar refractivity (Wildman–Crippen MR) is 150 cm³/mol. The predicted octanol–water partition coefficient (Wildman–Crippen LogP) is 3.97. The summed E-state index contributed by atoms with van der Waals surface area (Å²) in [4.78, 5) is 45.1. The maximum absolute atomic E-state index is 12.8. The van der Waals surface area contributed by atoms with Crippen LogP contribution in [0.4, 0.5) is 0 Å². The fourth-order valence-electron chi connectivity index (χ4n) is 3.76. The fraction of sp³-hybridized carbons (Fsp3) is 0.520. The topological polar surface area (TPSA) is 101 Å². The van der Waals surface area contributed by atoms with Crippen molar-refractivity contribution in [3.05, 3.63) is 44.9 Å². The number of carbonyl (C=O) groups excluding carboxylic acids is 3. The molecule has 2 heterocycles. The minimum atomic E-state index is -0.476. The summed E-state index contributed by atoms with van der Waals surface area (Å²) >= 11 is 14.7. The fourth-order valence-corrected chi connectivity index (χ4v) is 5.71. The smallest absolute Gasteiger partial charge is 0.325 e. The number of hydrogen-bond donors (Lipinski definition) is 1. The van der Waals surface area contributed by atoms with Gasteiger partial charge < -0.3 is 19.7 Å². The van der Waals surface area contributed by atoms with Crippen molar-refractivity contribution in [2.24, 2.45) is 0 Å². The molecule has 0 bridgehead atoms. The summed E-state index contributed by atoms with van der Waals surface area (Å²) in [5, 5.41) is 5.64. The lowest BCUT2D eigenvalue weighted by Crippen LogP contribution is -2.47. The molecule has 13 heteroatoms. The van der Waals surface area contributed by atoms with Gasteiger partial charge in [-0.15, -0.1) is 11.3 Å². The summed E-state index contributed by atoms with van der Waals surface area (Å²) < 4.78 is 11.1. The zero-order valence-corrected chi connectivity index (χ0v) is 24.6. The number of halogens is 2. The molecule has 1 unspecified atom stereocenters. The third kappa shape index (κ3) is 9.69. The average Bonchev–Trinajstić information content (AvgIpc) is 3.39.